The van der Waals surface area contributed by atoms with E-state index in [0.29, 0.717) is 23.3 Å². The van der Waals surface area contributed by atoms with Crippen LogP contribution in [-0.2, 0) is 4.79 Å². The van der Waals surface area contributed by atoms with Gasteiger partial charge in [-0.2, -0.15) is 0 Å². The van der Waals surface area contributed by atoms with Crippen LogP contribution < -0.4 is 4.74 Å². The van der Waals surface area contributed by atoms with Gasteiger partial charge in [0.15, 0.2) is 0 Å². The summed E-state index contributed by atoms with van der Waals surface area (Å²) in [5.74, 6) is 0.564. The van der Waals surface area contributed by atoms with Gasteiger partial charge in [0.1, 0.15) is 12.0 Å². The molecular weight excluding hydrogens is 270 g/mol. The highest BCUT2D eigenvalue weighted by Gasteiger charge is 2.29. The summed E-state index contributed by atoms with van der Waals surface area (Å²) in [6, 6.07) is 4.49. The molecule has 1 aromatic rings. The summed E-state index contributed by atoms with van der Waals surface area (Å²) in [5, 5.41) is 11.0. The van der Waals surface area contributed by atoms with Gasteiger partial charge in [0.25, 0.3) is 5.69 Å². The number of methoxy groups -OCH3 is 1. The molecule has 0 saturated carbocycles. The van der Waals surface area contributed by atoms with Crippen LogP contribution >= 0.6 is 0 Å². The van der Waals surface area contributed by atoms with E-state index < -0.39 is 4.92 Å². The number of nitro groups is 1. The lowest BCUT2D eigenvalue weighted by atomic mass is 9.73. The summed E-state index contributed by atoms with van der Waals surface area (Å²) < 4.78 is 5.31. The minimum Gasteiger partial charge on any atom is -0.496 e. The fourth-order valence-corrected chi connectivity index (χ4v) is 2.80. The van der Waals surface area contributed by atoms with E-state index in [1.165, 1.54) is 19.2 Å². The van der Waals surface area contributed by atoms with E-state index in [1.807, 2.05) is 0 Å². The van der Waals surface area contributed by atoms with Crippen molar-refractivity contribution >= 4 is 17.5 Å². The van der Waals surface area contributed by atoms with Gasteiger partial charge in [-0.05, 0) is 41.9 Å². The standard InChI is InChI=1S/C16H19NO4/c1-16(2)7-6-13(11(9-16)10-18)14-8-12(17(19)20)4-5-15(14)21-3/h4-5,8,10H,6-7,9H2,1-3H3. The molecule has 0 heterocycles. The highest BCUT2D eigenvalue weighted by Crippen LogP contribution is 2.44. The largest absolute Gasteiger partial charge is 0.496 e. The average Bonchev–Trinajstić information content (AvgIpc) is 2.45. The third-order valence-corrected chi connectivity index (χ3v) is 3.97. The molecule has 0 N–H and O–H groups in total. The minimum absolute atomic E-state index is 0.00776. The number of aldehydes is 1. The molecule has 0 amide bonds. The van der Waals surface area contributed by atoms with E-state index in [-0.39, 0.29) is 11.1 Å². The van der Waals surface area contributed by atoms with Crippen molar-refractivity contribution in [3.8, 4) is 5.75 Å². The number of rotatable bonds is 4. The van der Waals surface area contributed by atoms with Crippen LogP contribution in [0.15, 0.2) is 23.8 Å². The zero-order valence-electron chi connectivity index (χ0n) is 12.5. The summed E-state index contributed by atoms with van der Waals surface area (Å²) >= 11 is 0. The van der Waals surface area contributed by atoms with Gasteiger partial charge in [-0.25, -0.2) is 0 Å². The van der Waals surface area contributed by atoms with Gasteiger partial charge in [-0.3, -0.25) is 14.9 Å². The first-order chi connectivity index (χ1) is 9.88. The summed E-state index contributed by atoms with van der Waals surface area (Å²) in [5.41, 5.74) is 2.32. The Morgan fingerprint density at radius 3 is 2.67 bits per heavy atom. The van der Waals surface area contributed by atoms with E-state index in [9.17, 15) is 14.9 Å². The van der Waals surface area contributed by atoms with E-state index in [4.69, 9.17) is 4.74 Å². The van der Waals surface area contributed by atoms with Crippen molar-refractivity contribution in [2.45, 2.75) is 33.1 Å². The molecule has 1 aromatic carbocycles. The first kappa shape index (κ1) is 15.2. The predicted molar refractivity (Wildman–Crippen MR) is 80.3 cm³/mol. The summed E-state index contributed by atoms with van der Waals surface area (Å²) in [4.78, 5) is 22.0. The molecule has 0 spiro atoms. The number of benzene rings is 1. The molecular formula is C16H19NO4. The van der Waals surface area contributed by atoms with Crippen LogP contribution in [0.2, 0.25) is 0 Å². The molecule has 5 nitrogen and oxygen atoms in total. The fraction of sp³-hybridized carbons (Fsp3) is 0.438. The Morgan fingerprint density at radius 2 is 2.10 bits per heavy atom. The molecule has 0 unspecified atom stereocenters. The monoisotopic (exact) mass is 289 g/mol. The zero-order valence-corrected chi connectivity index (χ0v) is 12.5. The molecule has 21 heavy (non-hydrogen) atoms. The van der Waals surface area contributed by atoms with Gasteiger partial charge in [0, 0.05) is 17.7 Å². The molecule has 0 aliphatic heterocycles. The molecule has 1 aliphatic rings. The lowest BCUT2D eigenvalue weighted by molar-refractivity contribution is -0.384. The normalized spacial score (nSPS) is 17.5. The smallest absolute Gasteiger partial charge is 0.270 e. The number of hydrogen-bond donors (Lipinski definition) is 0. The second-order valence-electron chi connectivity index (χ2n) is 6.10. The van der Waals surface area contributed by atoms with Crippen LogP contribution in [0.25, 0.3) is 5.57 Å². The SMILES string of the molecule is COc1ccc([N+](=O)[O-])cc1C1=C(C=O)CC(C)(C)CC1. The maximum atomic E-state index is 11.4. The van der Waals surface area contributed by atoms with Gasteiger partial charge in [0.05, 0.1) is 12.0 Å². The summed E-state index contributed by atoms with van der Waals surface area (Å²) in [7, 11) is 1.53. The number of non-ortho nitro benzene ring substituents is 1. The van der Waals surface area contributed by atoms with E-state index >= 15 is 0 Å². The van der Waals surface area contributed by atoms with Gasteiger partial charge in [-0.1, -0.05) is 13.8 Å². The Bertz CT molecular complexity index is 617. The molecule has 1 aliphatic carbocycles. The molecule has 0 radical (unpaired) electrons. The van der Waals surface area contributed by atoms with Crippen LogP contribution in [0.5, 0.6) is 5.75 Å². The Balaban J connectivity index is 2.58. The minimum atomic E-state index is -0.434. The van der Waals surface area contributed by atoms with Gasteiger partial charge in [-0.15, -0.1) is 0 Å². The van der Waals surface area contributed by atoms with E-state index in [1.54, 1.807) is 6.07 Å². The molecule has 0 fully saturated rings. The quantitative estimate of drug-likeness (QED) is 0.480. The highest BCUT2D eigenvalue weighted by atomic mass is 16.6. The van der Waals surface area contributed by atoms with Crippen molar-refractivity contribution < 1.29 is 14.5 Å². The molecule has 0 bridgehead atoms. The average molecular weight is 289 g/mol. The van der Waals surface area contributed by atoms with Crippen LogP contribution in [0.3, 0.4) is 0 Å². The molecule has 5 heteroatoms. The lowest BCUT2D eigenvalue weighted by Crippen LogP contribution is -2.19. The molecule has 0 aromatic heterocycles. The number of nitro benzene ring substituents is 1. The van der Waals surface area contributed by atoms with E-state index in [2.05, 4.69) is 13.8 Å². The predicted octanol–water partition coefficient (Wildman–Crippen LogP) is 3.77. The number of ether oxygens (including phenoxy) is 1. The second kappa shape index (κ2) is 5.68. The molecule has 0 saturated heterocycles. The van der Waals surface area contributed by atoms with Crippen LogP contribution in [-0.4, -0.2) is 18.3 Å². The maximum absolute atomic E-state index is 11.4. The molecule has 112 valence electrons. The van der Waals surface area contributed by atoms with Crippen molar-refractivity contribution in [2.24, 2.45) is 5.41 Å². The number of carbonyl (C=O) groups is 1. The Hall–Kier alpha value is -2.17. The Kier molecular flexibility index (Phi) is 4.11. The maximum Gasteiger partial charge on any atom is 0.270 e. The first-order valence-electron chi connectivity index (χ1n) is 6.88. The van der Waals surface area contributed by atoms with Gasteiger partial charge < -0.3 is 4.74 Å². The van der Waals surface area contributed by atoms with Crippen molar-refractivity contribution in [1.82, 2.24) is 0 Å². The molecule has 2 rings (SSSR count). The third-order valence-electron chi connectivity index (χ3n) is 3.97. The number of allylic oxidation sites excluding steroid dienone is 2. The summed E-state index contributed by atoms with van der Waals surface area (Å²) in [6.45, 7) is 4.25. The third kappa shape index (κ3) is 3.12. The van der Waals surface area contributed by atoms with Crippen LogP contribution in [0.4, 0.5) is 5.69 Å². The summed E-state index contributed by atoms with van der Waals surface area (Å²) in [6.07, 6.45) is 3.20. The van der Waals surface area contributed by atoms with Gasteiger partial charge >= 0.3 is 0 Å². The lowest BCUT2D eigenvalue weighted by Gasteiger charge is -2.31. The number of nitrogens with zero attached hydrogens (tertiary/aromatic N) is 1. The number of hydrogen-bond acceptors (Lipinski definition) is 4. The van der Waals surface area contributed by atoms with Crippen molar-refractivity contribution in [3.05, 3.63) is 39.4 Å². The highest BCUT2D eigenvalue weighted by molar-refractivity contribution is 5.90. The molecule has 0 atom stereocenters. The van der Waals surface area contributed by atoms with Crippen LogP contribution in [0, 0.1) is 15.5 Å². The zero-order chi connectivity index (χ0) is 15.6. The number of carbonyl (C=O) groups excluding carboxylic acids is 1. The second-order valence-corrected chi connectivity index (χ2v) is 6.10. The fourth-order valence-electron chi connectivity index (χ4n) is 2.80. The van der Waals surface area contributed by atoms with E-state index in [0.717, 1.165) is 24.7 Å². The van der Waals surface area contributed by atoms with Crippen molar-refractivity contribution in [1.29, 1.82) is 0 Å². The van der Waals surface area contributed by atoms with Crippen molar-refractivity contribution in [2.75, 3.05) is 7.11 Å². The van der Waals surface area contributed by atoms with Crippen molar-refractivity contribution in [3.63, 3.8) is 0 Å². The van der Waals surface area contributed by atoms with Gasteiger partial charge in [0.2, 0.25) is 0 Å². The first-order valence-corrected chi connectivity index (χ1v) is 6.88. The Morgan fingerprint density at radius 1 is 1.38 bits per heavy atom. The van der Waals surface area contributed by atoms with Crippen LogP contribution in [0.1, 0.15) is 38.7 Å². The Labute approximate surface area is 123 Å². The topological polar surface area (TPSA) is 69.4 Å².